The first kappa shape index (κ1) is 18.4. The molecule has 1 heteroatoms. The molecule has 0 aromatic rings. The summed E-state index contributed by atoms with van der Waals surface area (Å²) < 4.78 is 0. The summed E-state index contributed by atoms with van der Waals surface area (Å²) in [7, 11) is 0. The quantitative estimate of drug-likeness (QED) is 0.452. The van der Waals surface area contributed by atoms with E-state index >= 15 is 0 Å². The molecule has 0 spiro atoms. The fourth-order valence-corrected chi connectivity index (χ4v) is 4.49. The van der Waals surface area contributed by atoms with Gasteiger partial charge in [-0.1, -0.05) is 80.6 Å². The summed E-state index contributed by atoms with van der Waals surface area (Å²) in [5, 5.41) is 0.751. The molecule has 0 aliphatic rings. The van der Waals surface area contributed by atoms with Gasteiger partial charge in [-0.15, -0.1) is 0 Å². The molecular formula is C17H36S. The molecule has 18 heavy (non-hydrogen) atoms. The summed E-state index contributed by atoms with van der Waals surface area (Å²) in [4.78, 5) is 0. The maximum atomic E-state index is 2.39. The van der Waals surface area contributed by atoms with Gasteiger partial charge < -0.3 is 0 Å². The van der Waals surface area contributed by atoms with Gasteiger partial charge in [0, 0.05) is 5.25 Å². The Morgan fingerprint density at radius 1 is 0.722 bits per heavy atom. The fourth-order valence-electron chi connectivity index (χ4n) is 2.88. The van der Waals surface area contributed by atoms with E-state index in [1.54, 1.807) is 0 Å². The van der Waals surface area contributed by atoms with Crippen LogP contribution in [0.5, 0.6) is 0 Å². The molecular weight excluding hydrogens is 236 g/mol. The van der Waals surface area contributed by atoms with Crippen LogP contribution in [-0.2, 0) is 0 Å². The third kappa shape index (κ3) is 8.45. The van der Waals surface area contributed by atoms with Gasteiger partial charge in [0.1, 0.15) is 0 Å². The molecule has 0 unspecified atom stereocenters. The van der Waals surface area contributed by atoms with Crippen molar-refractivity contribution < 1.29 is 0 Å². The van der Waals surface area contributed by atoms with Gasteiger partial charge in [-0.2, -0.15) is 11.8 Å². The molecule has 0 atom stereocenters. The number of rotatable bonds is 8. The van der Waals surface area contributed by atoms with E-state index in [1.807, 2.05) is 0 Å². The van der Waals surface area contributed by atoms with Crippen molar-refractivity contribution in [3.05, 3.63) is 0 Å². The monoisotopic (exact) mass is 272 g/mol. The Labute approximate surface area is 121 Å². The van der Waals surface area contributed by atoms with E-state index in [9.17, 15) is 0 Å². The third-order valence-electron chi connectivity index (χ3n) is 3.36. The largest absolute Gasteiger partial charge is 0.157 e. The summed E-state index contributed by atoms with van der Waals surface area (Å²) in [5.74, 6) is 1.34. The van der Waals surface area contributed by atoms with Gasteiger partial charge in [-0.3, -0.25) is 0 Å². The Morgan fingerprint density at radius 3 is 1.61 bits per heavy atom. The molecule has 0 saturated heterocycles. The van der Waals surface area contributed by atoms with Crippen LogP contribution in [0.1, 0.15) is 87.0 Å². The normalized spacial score (nSPS) is 13.3. The van der Waals surface area contributed by atoms with Crippen LogP contribution in [0.2, 0.25) is 0 Å². The highest BCUT2D eigenvalue weighted by Crippen LogP contribution is 2.42. The lowest BCUT2D eigenvalue weighted by atomic mass is 9.77. The number of hydrogen-bond acceptors (Lipinski definition) is 1. The Kier molecular flexibility index (Phi) is 8.67. The van der Waals surface area contributed by atoms with Gasteiger partial charge in [-0.25, -0.2) is 0 Å². The molecule has 0 rings (SSSR count). The van der Waals surface area contributed by atoms with Gasteiger partial charge in [-0.05, 0) is 23.0 Å². The minimum atomic E-state index is 0.408. The molecule has 0 saturated carbocycles. The minimum absolute atomic E-state index is 0.408. The second-order valence-corrected chi connectivity index (χ2v) is 8.96. The van der Waals surface area contributed by atoms with Crippen molar-refractivity contribution >= 4 is 11.8 Å². The lowest BCUT2D eigenvalue weighted by Gasteiger charge is -2.40. The maximum absolute atomic E-state index is 2.39. The van der Waals surface area contributed by atoms with Crippen LogP contribution >= 0.6 is 11.8 Å². The van der Waals surface area contributed by atoms with Gasteiger partial charge in [0.05, 0.1) is 0 Å². The Morgan fingerprint density at radius 2 is 1.17 bits per heavy atom. The van der Waals surface area contributed by atoms with E-state index in [0.29, 0.717) is 10.8 Å². The molecule has 0 aromatic carbocycles. The number of unbranched alkanes of at least 4 members (excludes halogenated alkanes) is 5. The van der Waals surface area contributed by atoms with Crippen molar-refractivity contribution in [2.45, 2.75) is 92.2 Å². The zero-order valence-electron chi connectivity index (χ0n) is 13.9. The van der Waals surface area contributed by atoms with Gasteiger partial charge in [0.25, 0.3) is 0 Å². The molecule has 0 heterocycles. The Balaban J connectivity index is 3.86. The first-order valence-corrected chi connectivity index (χ1v) is 8.86. The zero-order valence-corrected chi connectivity index (χ0v) is 14.8. The SMILES string of the molecule is CCCCCCCCSC(C(C)(C)C)C(C)(C)C. The molecule has 0 N–H and O–H groups in total. The van der Waals surface area contributed by atoms with Crippen LogP contribution in [0.15, 0.2) is 0 Å². The van der Waals surface area contributed by atoms with Crippen LogP contribution in [0.25, 0.3) is 0 Å². The van der Waals surface area contributed by atoms with Crippen molar-refractivity contribution in [1.29, 1.82) is 0 Å². The average molecular weight is 273 g/mol. The zero-order chi connectivity index (χ0) is 14.2. The van der Waals surface area contributed by atoms with Gasteiger partial charge in [0.15, 0.2) is 0 Å². The van der Waals surface area contributed by atoms with Crippen molar-refractivity contribution in [2.24, 2.45) is 10.8 Å². The van der Waals surface area contributed by atoms with Crippen LogP contribution in [0, 0.1) is 10.8 Å². The van der Waals surface area contributed by atoms with Crippen molar-refractivity contribution in [3.63, 3.8) is 0 Å². The van der Waals surface area contributed by atoms with E-state index in [-0.39, 0.29) is 0 Å². The predicted octanol–water partition coefficient (Wildman–Crippen LogP) is 6.54. The summed E-state index contributed by atoms with van der Waals surface area (Å²) in [5.41, 5.74) is 0.816. The fraction of sp³-hybridized carbons (Fsp3) is 1.00. The van der Waals surface area contributed by atoms with Gasteiger partial charge in [0.2, 0.25) is 0 Å². The minimum Gasteiger partial charge on any atom is -0.157 e. The molecule has 0 fully saturated rings. The summed E-state index contributed by atoms with van der Waals surface area (Å²) in [6, 6.07) is 0. The molecule has 0 aromatic heterocycles. The molecule has 0 amide bonds. The highest BCUT2D eigenvalue weighted by atomic mass is 32.2. The molecule has 0 radical (unpaired) electrons. The van der Waals surface area contributed by atoms with E-state index in [4.69, 9.17) is 0 Å². The first-order chi connectivity index (χ1) is 8.19. The van der Waals surface area contributed by atoms with Crippen molar-refractivity contribution in [3.8, 4) is 0 Å². The van der Waals surface area contributed by atoms with Crippen LogP contribution in [0.4, 0.5) is 0 Å². The molecule has 110 valence electrons. The van der Waals surface area contributed by atoms with E-state index in [1.165, 1.54) is 44.3 Å². The maximum Gasteiger partial charge on any atom is 0.0144 e. The number of hydrogen-bond donors (Lipinski definition) is 0. The van der Waals surface area contributed by atoms with E-state index < -0.39 is 0 Å². The van der Waals surface area contributed by atoms with Gasteiger partial charge >= 0.3 is 0 Å². The molecule has 0 nitrogen and oxygen atoms in total. The Hall–Kier alpha value is 0.350. The Bertz CT molecular complexity index is 181. The molecule has 0 aliphatic heterocycles. The van der Waals surface area contributed by atoms with Crippen LogP contribution < -0.4 is 0 Å². The molecule has 0 aliphatic carbocycles. The second-order valence-electron chi connectivity index (χ2n) is 7.75. The van der Waals surface area contributed by atoms with E-state index in [2.05, 4.69) is 60.2 Å². The highest BCUT2D eigenvalue weighted by molar-refractivity contribution is 7.99. The lowest BCUT2D eigenvalue weighted by Crippen LogP contribution is -2.35. The predicted molar refractivity (Wildman–Crippen MR) is 88.5 cm³/mol. The molecule has 0 bridgehead atoms. The summed E-state index contributed by atoms with van der Waals surface area (Å²) in [6.07, 6.45) is 8.46. The van der Waals surface area contributed by atoms with Crippen LogP contribution in [0.3, 0.4) is 0 Å². The number of thioether (sulfide) groups is 1. The summed E-state index contributed by atoms with van der Waals surface area (Å²) >= 11 is 2.20. The first-order valence-electron chi connectivity index (χ1n) is 7.81. The second kappa shape index (κ2) is 8.51. The van der Waals surface area contributed by atoms with E-state index in [0.717, 1.165) is 5.25 Å². The van der Waals surface area contributed by atoms with Crippen molar-refractivity contribution in [2.75, 3.05) is 5.75 Å². The van der Waals surface area contributed by atoms with Crippen molar-refractivity contribution in [1.82, 2.24) is 0 Å². The standard InChI is InChI=1S/C17H36S/c1-8-9-10-11-12-13-14-18-15(16(2,3)4)17(5,6)7/h15H,8-14H2,1-7H3. The van der Waals surface area contributed by atoms with Crippen LogP contribution in [-0.4, -0.2) is 11.0 Å². The summed E-state index contributed by atoms with van der Waals surface area (Å²) in [6.45, 7) is 16.6. The smallest absolute Gasteiger partial charge is 0.0144 e. The average Bonchev–Trinajstić information content (AvgIpc) is 2.18. The third-order valence-corrected chi connectivity index (χ3v) is 5.63. The lowest BCUT2D eigenvalue weighted by molar-refractivity contribution is 0.249. The topological polar surface area (TPSA) is 0 Å². The highest BCUT2D eigenvalue weighted by Gasteiger charge is 2.34.